The number of nitrogens with one attached hydrogen (secondary N) is 2. The number of hydrogen-bond donors (Lipinski definition) is 2. The van der Waals surface area contributed by atoms with E-state index in [9.17, 15) is 18.0 Å². The molecule has 1 aliphatic carbocycles. The van der Waals surface area contributed by atoms with Crippen molar-refractivity contribution in [1.82, 2.24) is 10.6 Å². The molecule has 7 heteroatoms. The van der Waals surface area contributed by atoms with Gasteiger partial charge in [0.15, 0.2) is 0 Å². The first-order chi connectivity index (χ1) is 7.90. The summed E-state index contributed by atoms with van der Waals surface area (Å²) in [6.07, 6.45) is -1.58. The molecule has 2 N–H and O–H groups in total. The van der Waals surface area contributed by atoms with Gasteiger partial charge in [0.2, 0.25) is 5.91 Å². The maximum atomic E-state index is 11.8. The van der Waals surface area contributed by atoms with Crippen LogP contribution in [-0.2, 0) is 9.53 Å². The van der Waals surface area contributed by atoms with E-state index in [-0.39, 0.29) is 18.7 Å². The molecular weight excluding hydrogens is 237 g/mol. The average Bonchev–Trinajstić information content (AvgIpc) is 2.70. The smallest absolute Gasteiger partial charge is 0.381 e. The summed E-state index contributed by atoms with van der Waals surface area (Å²) >= 11 is 0. The molecule has 0 radical (unpaired) electrons. The van der Waals surface area contributed by atoms with Crippen molar-refractivity contribution in [2.75, 3.05) is 20.2 Å². The highest BCUT2D eigenvalue weighted by Crippen LogP contribution is 2.21. The zero-order chi connectivity index (χ0) is 12.9. The Morgan fingerprint density at radius 3 is 2.65 bits per heavy atom. The number of ether oxygens (including phenoxy) is 1. The van der Waals surface area contributed by atoms with E-state index in [4.69, 9.17) is 4.74 Å². The molecule has 0 heterocycles. The topological polar surface area (TPSA) is 50.4 Å². The Balaban J connectivity index is 2.12. The zero-order valence-electron chi connectivity index (χ0n) is 9.64. The van der Waals surface area contributed by atoms with E-state index >= 15 is 0 Å². The Morgan fingerprint density at radius 2 is 2.12 bits per heavy atom. The summed E-state index contributed by atoms with van der Waals surface area (Å²) in [5.41, 5.74) is 0. The summed E-state index contributed by atoms with van der Waals surface area (Å²) in [4.78, 5) is 11.1. The Morgan fingerprint density at radius 1 is 1.41 bits per heavy atom. The molecule has 0 aliphatic heterocycles. The van der Waals surface area contributed by atoms with Crippen molar-refractivity contribution in [2.24, 2.45) is 0 Å². The lowest BCUT2D eigenvalue weighted by molar-refractivity contribution is -0.137. The van der Waals surface area contributed by atoms with Gasteiger partial charge in [-0.1, -0.05) is 0 Å². The van der Waals surface area contributed by atoms with E-state index in [1.807, 2.05) is 5.32 Å². The minimum atomic E-state index is -4.36. The van der Waals surface area contributed by atoms with Crippen molar-refractivity contribution in [3.8, 4) is 0 Å². The molecule has 2 unspecified atom stereocenters. The van der Waals surface area contributed by atoms with Gasteiger partial charge in [0.05, 0.1) is 12.6 Å². The predicted octanol–water partition coefficient (Wildman–Crippen LogP) is 0.822. The second-order valence-electron chi connectivity index (χ2n) is 4.14. The summed E-state index contributed by atoms with van der Waals surface area (Å²) < 4.78 is 40.6. The number of hydrogen-bond acceptors (Lipinski definition) is 3. The van der Waals surface area contributed by atoms with E-state index in [0.717, 1.165) is 19.3 Å². The van der Waals surface area contributed by atoms with E-state index in [0.29, 0.717) is 0 Å². The molecule has 1 amide bonds. The highest BCUT2D eigenvalue weighted by Gasteiger charge is 2.28. The number of amides is 1. The molecule has 1 saturated carbocycles. The van der Waals surface area contributed by atoms with Gasteiger partial charge < -0.3 is 15.4 Å². The van der Waals surface area contributed by atoms with Crippen molar-refractivity contribution in [3.63, 3.8) is 0 Å². The van der Waals surface area contributed by atoms with E-state index in [2.05, 4.69) is 5.32 Å². The first-order valence-electron chi connectivity index (χ1n) is 5.50. The third kappa shape index (κ3) is 5.88. The first kappa shape index (κ1) is 14.2. The van der Waals surface area contributed by atoms with Crippen molar-refractivity contribution < 1.29 is 22.7 Å². The van der Waals surface area contributed by atoms with Crippen molar-refractivity contribution in [2.45, 2.75) is 37.6 Å². The molecule has 0 saturated heterocycles. The summed E-state index contributed by atoms with van der Waals surface area (Å²) in [6.45, 7) is -1.37. The lowest BCUT2D eigenvalue weighted by Gasteiger charge is -2.13. The molecule has 1 fully saturated rings. The van der Waals surface area contributed by atoms with Crippen LogP contribution in [0.2, 0.25) is 0 Å². The fourth-order valence-electron chi connectivity index (χ4n) is 1.84. The lowest BCUT2D eigenvalue weighted by atomic mass is 10.2. The van der Waals surface area contributed by atoms with Gasteiger partial charge in [-0.15, -0.1) is 0 Å². The standard InChI is InChI=1S/C10H17F3N2O2/c1-17-8-3-2-7(4-8)14-5-9(16)15-6-10(11,12)13/h7-8,14H,2-6H2,1H3,(H,15,16). The van der Waals surface area contributed by atoms with E-state index in [1.165, 1.54) is 0 Å². The summed E-state index contributed by atoms with van der Waals surface area (Å²) in [6, 6.07) is 0.150. The van der Waals surface area contributed by atoms with Crippen LogP contribution in [0.4, 0.5) is 13.2 Å². The number of halogens is 3. The first-order valence-corrected chi connectivity index (χ1v) is 5.50. The fraction of sp³-hybridized carbons (Fsp3) is 0.900. The Kier molecular flexibility index (Phi) is 5.20. The number of alkyl halides is 3. The van der Waals surface area contributed by atoms with Crippen LogP contribution >= 0.6 is 0 Å². The highest BCUT2D eigenvalue weighted by atomic mass is 19.4. The number of methoxy groups -OCH3 is 1. The van der Waals surface area contributed by atoms with Gasteiger partial charge in [-0.2, -0.15) is 13.2 Å². The fourth-order valence-corrected chi connectivity index (χ4v) is 1.84. The molecule has 0 bridgehead atoms. The van der Waals surface area contributed by atoms with Gasteiger partial charge in [-0.25, -0.2) is 0 Å². The average molecular weight is 254 g/mol. The Hall–Kier alpha value is -0.820. The maximum absolute atomic E-state index is 11.8. The summed E-state index contributed by atoms with van der Waals surface area (Å²) in [5, 5.41) is 4.74. The highest BCUT2D eigenvalue weighted by molar-refractivity contribution is 5.78. The Labute approximate surface area is 97.9 Å². The second kappa shape index (κ2) is 6.20. The van der Waals surface area contributed by atoms with Gasteiger partial charge in [0.1, 0.15) is 6.54 Å². The number of carbonyl (C=O) groups is 1. The van der Waals surface area contributed by atoms with Crippen LogP contribution < -0.4 is 10.6 Å². The predicted molar refractivity (Wildman–Crippen MR) is 55.5 cm³/mol. The maximum Gasteiger partial charge on any atom is 0.405 e. The monoisotopic (exact) mass is 254 g/mol. The molecule has 0 spiro atoms. The van der Waals surface area contributed by atoms with Gasteiger partial charge in [-0.3, -0.25) is 4.79 Å². The minimum Gasteiger partial charge on any atom is -0.381 e. The van der Waals surface area contributed by atoms with Crippen LogP contribution in [0.25, 0.3) is 0 Å². The molecule has 17 heavy (non-hydrogen) atoms. The van der Waals surface area contributed by atoms with Crippen molar-refractivity contribution in [3.05, 3.63) is 0 Å². The van der Waals surface area contributed by atoms with E-state index in [1.54, 1.807) is 7.11 Å². The largest absolute Gasteiger partial charge is 0.405 e. The van der Waals surface area contributed by atoms with Gasteiger partial charge in [0, 0.05) is 13.2 Å². The quantitative estimate of drug-likeness (QED) is 0.763. The van der Waals surface area contributed by atoms with Crippen molar-refractivity contribution in [1.29, 1.82) is 0 Å². The van der Waals surface area contributed by atoms with Crippen LogP contribution in [0, 0.1) is 0 Å². The molecule has 2 atom stereocenters. The third-order valence-electron chi connectivity index (χ3n) is 2.76. The third-order valence-corrected chi connectivity index (χ3v) is 2.76. The molecule has 0 aromatic rings. The van der Waals surface area contributed by atoms with E-state index < -0.39 is 18.6 Å². The van der Waals surface area contributed by atoms with Crippen LogP contribution in [0.1, 0.15) is 19.3 Å². The van der Waals surface area contributed by atoms with Crippen LogP contribution in [0.3, 0.4) is 0 Å². The number of carbonyl (C=O) groups excluding carboxylic acids is 1. The van der Waals surface area contributed by atoms with Gasteiger partial charge >= 0.3 is 6.18 Å². The molecule has 4 nitrogen and oxygen atoms in total. The molecular formula is C10H17F3N2O2. The molecule has 0 aromatic carbocycles. The minimum absolute atomic E-state index is 0.0861. The second-order valence-corrected chi connectivity index (χ2v) is 4.14. The SMILES string of the molecule is COC1CCC(NCC(=O)NCC(F)(F)F)C1. The molecule has 1 rings (SSSR count). The normalized spacial score (nSPS) is 24.9. The molecule has 100 valence electrons. The van der Waals surface area contributed by atoms with Gasteiger partial charge in [0.25, 0.3) is 0 Å². The summed E-state index contributed by atoms with van der Waals surface area (Å²) in [7, 11) is 1.63. The number of rotatable bonds is 5. The summed E-state index contributed by atoms with van der Waals surface area (Å²) in [5.74, 6) is -0.636. The Bertz CT molecular complexity index is 258. The van der Waals surface area contributed by atoms with Crippen LogP contribution in [0.5, 0.6) is 0 Å². The lowest BCUT2D eigenvalue weighted by Crippen LogP contribution is -2.41. The van der Waals surface area contributed by atoms with Crippen LogP contribution in [0.15, 0.2) is 0 Å². The molecule has 1 aliphatic rings. The van der Waals surface area contributed by atoms with Gasteiger partial charge in [-0.05, 0) is 19.3 Å². The molecule has 0 aromatic heterocycles. The van der Waals surface area contributed by atoms with Crippen LogP contribution in [-0.4, -0.2) is 44.4 Å². The zero-order valence-corrected chi connectivity index (χ0v) is 9.64. The van der Waals surface area contributed by atoms with Crippen molar-refractivity contribution >= 4 is 5.91 Å².